The lowest BCUT2D eigenvalue weighted by molar-refractivity contribution is 1.34. The van der Waals surface area contributed by atoms with Crippen LogP contribution in [0.3, 0.4) is 0 Å². The van der Waals surface area contributed by atoms with Crippen LogP contribution < -0.4 is 0 Å². The summed E-state index contributed by atoms with van der Waals surface area (Å²) in [5.74, 6) is 0. The summed E-state index contributed by atoms with van der Waals surface area (Å²) in [7, 11) is 0. The van der Waals surface area contributed by atoms with E-state index in [4.69, 9.17) is 0 Å². The van der Waals surface area contributed by atoms with Crippen molar-refractivity contribution in [2.45, 2.75) is 0 Å². The molecule has 8 aromatic heterocycles. The molecule has 9 aromatic carbocycles. The third-order valence-electron chi connectivity index (χ3n) is 14.4. The maximum atomic E-state index is 2.57. The number of para-hydroxylation sites is 6. The topological polar surface area (TPSA) is 17.6 Å². The van der Waals surface area contributed by atoms with Crippen LogP contribution in [-0.2, 0) is 0 Å². The molecule has 17 aromatic rings. The number of hydrogen-bond donors (Lipinski definition) is 0. The van der Waals surface area contributed by atoms with Gasteiger partial charge in [0.25, 0.3) is 0 Å². The molecule has 0 saturated heterocycles. The van der Waals surface area contributed by atoms with E-state index in [-0.39, 0.29) is 0 Å². The van der Waals surface area contributed by atoms with Gasteiger partial charge < -0.3 is 17.6 Å². The van der Waals surface area contributed by atoms with Gasteiger partial charge in [-0.05, 0) is 48.5 Å². The van der Waals surface area contributed by atoms with Crippen LogP contribution in [-0.4, -0.2) is 17.6 Å². The van der Waals surface area contributed by atoms with Crippen LogP contribution in [0.15, 0.2) is 158 Å². The van der Waals surface area contributed by atoms with Crippen molar-refractivity contribution in [3.8, 4) is 0 Å². The number of benzene rings is 9. The van der Waals surface area contributed by atoms with Crippen LogP contribution in [0.25, 0.3) is 152 Å². The van der Waals surface area contributed by atoms with Crippen molar-refractivity contribution in [1.29, 1.82) is 0 Å². The monoisotopic (exact) mass is 730 g/mol. The molecule has 0 aliphatic rings. The second-order valence-electron chi connectivity index (χ2n) is 16.8. The van der Waals surface area contributed by atoms with E-state index >= 15 is 0 Å². The molecule has 262 valence electrons. The largest absolute Gasteiger partial charge is 0.308 e. The Morgan fingerprint density at radius 1 is 0.172 bits per heavy atom. The zero-order valence-corrected chi connectivity index (χ0v) is 30.8. The molecule has 0 aliphatic carbocycles. The average Bonchev–Trinajstić information content (AvgIpc) is 4.15. The molecular formula is C54H26N4. The highest BCUT2D eigenvalue weighted by atomic mass is 15.0. The molecule has 0 saturated carbocycles. The van der Waals surface area contributed by atoms with Crippen LogP contribution in [0, 0.1) is 0 Å². The first-order chi connectivity index (χ1) is 28.8. The van der Waals surface area contributed by atoms with Crippen molar-refractivity contribution in [3.63, 3.8) is 0 Å². The van der Waals surface area contributed by atoms with Crippen LogP contribution in [0.5, 0.6) is 0 Å². The number of nitrogens with zero attached hydrogens (tertiary/aromatic N) is 4. The van der Waals surface area contributed by atoms with E-state index in [2.05, 4.69) is 175 Å². The smallest absolute Gasteiger partial charge is 0.0620 e. The van der Waals surface area contributed by atoms with Gasteiger partial charge in [0.2, 0.25) is 0 Å². The van der Waals surface area contributed by atoms with Crippen LogP contribution in [0.4, 0.5) is 0 Å². The zero-order chi connectivity index (χ0) is 36.9. The maximum absolute atomic E-state index is 2.57. The molecule has 0 atom stereocenters. The first-order valence-corrected chi connectivity index (χ1v) is 20.3. The fourth-order valence-electron chi connectivity index (χ4n) is 12.3. The molecule has 0 aliphatic heterocycles. The highest BCUT2D eigenvalue weighted by Crippen LogP contribution is 2.48. The van der Waals surface area contributed by atoms with Gasteiger partial charge in [0.05, 0.1) is 66.2 Å². The molecule has 17 rings (SSSR count). The van der Waals surface area contributed by atoms with Gasteiger partial charge in [0.15, 0.2) is 0 Å². The maximum Gasteiger partial charge on any atom is 0.0620 e. The Balaban J connectivity index is 1.04. The number of fused-ring (bicyclic) bond motifs is 24. The van der Waals surface area contributed by atoms with Gasteiger partial charge >= 0.3 is 0 Å². The van der Waals surface area contributed by atoms with E-state index in [1.165, 1.54) is 152 Å². The van der Waals surface area contributed by atoms with Crippen molar-refractivity contribution in [1.82, 2.24) is 17.6 Å². The van der Waals surface area contributed by atoms with Crippen molar-refractivity contribution in [3.05, 3.63) is 158 Å². The molecule has 58 heavy (non-hydrogen) atoms. The zero-order valence-electron chi connectivity index (χ0n) is 30.8. The first kappa shape index (κ1) is 27.7. The Bertz CT molecular complexity index is 4420. The van der Waals surface area contributed by atoms with Gasteiger partial charge in [-0.2, -0.15) is 0 Å². The molecule has 0 amide bonds. The minimum Gasteiger partial charge on any atom is -0.308 e. The van der Waals surface area contributed by atoms with Gasteiger partial charge in [-0.1, -0.05) is 109 Å². The molecule has 0 fully saturated rings. The van der Waals surface area contributed by atoms with Crippen molar-refractivity contribution in [2.75, 3.05) is 0 Å². The third kappa shape index (κ3) is 2.73. The van der Waals surface area contributed by atoms with E-state index in [1.54, 1.807) is 0 Å². The molecule has 4 nitrogen and oxygen atoms in total. The second-order valence-corrected chi connectivity index (χ2v) is 16.8. The SMILES string of the molecule is c1ccc2c(c1)c1cccc3c4cc5c6cccc7c8cc9c(cc8n(c5cc4n2c13)c76)c1cccc2c3cc4c5cccc6c7ccccc7n(c4cc3n9c12)c65. The van der Waals surface area contributed by atoms with E-state index < -0.39 is 0 Å². The van der Waals surface area contributed by atoms with E-state index in [9.17, 15) is 0 Å². The lowest BCUT2D eigenvalue weighted by Gasteiger charge is -2.03. The quantitative estimate of drug-likeness (QED) is 0.148. The summed E-state index contributed by atoms with van der Waals surface area (Å²) in [4.78, 5) is 0. The predicted octanol–water partition coefficient (Wildman–Crippen LogP) is 14.3. The Kier molecular flexibility index (Phi) is 4.18. The summed E-state index contributed by atoms with van der Waals surface area (Å²) in [5.41, 5.74) is 15.4. The summed E-state index contributed by atoms with van der Waals surface area (Å²) >= 11 is 0. The molecular weight excluding hydrogens is 705 g/mol. The van der Waals surface area contributed by atoms with Crippen LogP contribution in [0.2, 0.25) is 0 Å². The summed E-state index contributed by atoms with van der Waals surface area (Å²) in [6.07, 6.45) is 0. The third-order valence-corrected chi connectivity index (χ3v) is 14.4. The Hall–Kier alpha value is -7.82. The van der Waals surface area contributed by atoms with E-state index in [0.717, 1.165) is 0 Å². The van der Waals surface area contributed by atoms with E-state index in [0.29, 0.717) is 0 Å². The highest BCUT2D eigenvalue weighted by molar-refractivity contribution is 6.33. The van der Waals surface area contributed by atoms with Crippen LogP contribution >= 0.6 is 0 Å². The second kappa shape index (κ2) is 8.76. The summed E-state index contributed by atoms with van der Waals surface area (Å²) < 4.78 is 10.2. The summed E-state index contributed by atoms with van der Waals surface area (Å²) in [6, 6.07) is 60.1. The lowest BCUT2D eigenvalue weighted by atomic mass is 10.0. The molecule has 8 heterocycles. The van der Waals surface area contributed by atoms with Crippen molar-refractivity contribution in [2.24, 2.45) is 0 Å². The normalized spacial score (nSPS) is 13.5. The highest BCUT2D eigenvalue weighted by Gasteiger charge is 2.26. The predicted molar refractivity (Wildman–Crippen MR) is 245 cm³/mol. The molecule has 0 radical (unpaired) electrons. The fraction of sp³-hybridized carbons (Fsp3) is 0. The molecule has 0 bridgehead atoms. The molecule has 0 spiro atoms. The number of hydrogen-bond acceptors (Lipinski definition) is 0. The Morgan fingerprint density at radius 3 is 0.759 bits per heavy atom. The van der Waals surface area contributed by atoms with Gasteiger partial charge in [0, 0.05) is 86.2 Å². The Labute approximate surface area is 326 Å². The minimum absolute atomic E-state index is 1.26. The summed E-state index contributed by atoms with van der Waals surface area (Å²) in [5, 5.41) is 21.0. The van der Waals surface area contributed by atoms with Crippen molar-refractivity contribution >= 4 is 152 Å². The fourth-order valence-corrected chi connectivity index (χ4v) is 12.3. The number of aromatic nitrogens is 4. The van der Waals surface area contributed by atoms with Gasteiger partial charge in [0.1, 0.15) is 0 Å². The molecule has 0 unspecified atom stereocenters. The van der Waals surface area contributed by atoms with Gasteiger partial charge in [-0.15, -0.1) is 0 Å². The van der Waals surface area contributed by atoms with Gasteiger partial charge in [-0.25, -0.2) is 0 Å². The van der Waals surface area contributed by atoms with Crippen LogP contribution in [0.1, 0.15) is 0 Å². The van der Waals surface area contributed by atoms with E-state index in [1.807, 2.05) is 0 Å². The first-order valence-electron chi connectivity index (χ1n) is 20.3. The van der Waals surface area contributed by atoms with Gasteiger partial charge in [-0.3, -0.25) is 0 Å². The average molecular weight is 731 g/mol. The lowest BCUT2D eigenvalue weighted by Crippen LogP contribution is -1.85. The van der Waals surface area contributed by atoms with Crippen molar-refractivity contribution < 1.29 is 0 Å². The standard InChI is InChI=1S/C54H26N4/c1-3-19-43-27(9-1)29-11-5-13-31-37-21-39-33-15-7-17-35-41-24-46-42(23-45(41)57(53(33)35)49(39)25-47(37)55(43)51(29)31)36-18-8-16-34-40-22-38-32-14-6-12-30-28-10-2-4-20-44(28)56(52(30)32)48(38)26-50(40)58(46)54(34)36/h1-26H. The Morgan fingerprint density at radius 2 is 0.414 bits per heavy atom. The number of rotatable bonds is 0. The summed E-state index contributed by atoms with van der Waals surface area (Å²) in [6.45, 7) is 0. The molecule has 0 N–H and O–H groups in total. The minimum atomic E-state index is 1.26. The molecule has 4 heteroatoms.